The van der Waals surface area contributed by atoms with Gasteiger partial charge in [0.15, 0.2) is 0 Å². The van der Waals surface area contributed by atoms with Crippen molar-refractivity contribution in [2.75, 3.05) is 33.2 Å². The van der Waals surface area contributed by atoms with Gasteiger partial charge in [0.1, 0.15) is 0 Å². The maximum absolute atomic E-state index is 12.0. The molecule has 1 heterocycles. The molecule has 0 spiro atoms. The van der Waals surface area contributed by atoms with Crippen molar-refractivity contribution in [2.24, 2.45) is 5.92 Å². The third kappa shape index (κ3) is 5.77. The van der Waals surface area contributed by atoms with Gasteiger partial charge < -0.3 is 20.2 Å². The average molecular weight is 285 g/mol. The Bertz CT molecular complexity index is 336. The van der Waals surface area contributed by atoms with Gasteiger partial charge in [-0.05, 0) is 32.7 Å². The minimum Gasteiger partial charge on any atom is -0.481 e. The Labute approximate surface area is 121 Å². The van der Waals surface area contributed by atoms with Crippen molar-refractivity contribution in [3.05, 3.63) is 0 Å². The Morgan fingerprint density at radius 2 is 2.05 bits per heavy atom. The molecule has 6 heteroatoms. The lowest BCUT2D eigenvalue weighted by Crippen LogP contribution is -2.54. The Morgan fingerprint density at radius 3 is 2.65 bits per heavy atom. The van der Waals surface area contributed by atoms with E-state index in [1.807, 2.05) is 11.8 Å². The molecule has 0 aromatic heterocycles. The SMILES string of the molecule is CC(CCNC(=O)N1CCN(C)C(C)C1)CCC(=O)O. The first kappa shape index (κ1) is 16.8. The van der Waals surface area contributed by atoms with Crippen LogP contribution in [0.3, 0.4) is 0 Å². The summed E-state index contributed by atoms with van der Waals surface area (Å²) < 4.78 is 0. The monoisotopic (exact) mass is 285 g/mol. The van der Waals surface area contributed by atoms with E-state index in [0.717, 1.165) is 26.1 Å². The average Bonchev–Trinajstić information content (AvgIpc) is 2.39. The zero-order valence-corrected chi connectivity index (χ0v) is 12.8. The van der Waals surface area contributed by atoms with E-state index in [4.69, 9.17) is 5.11 Å². The van der Waals surface area contributed by atoms with Crippen molar-refractivity contribution in [3.63, 3.8) is 0 Å². The smallest absolute Gasteiger partial charge is 0.317 e. The first-order valence-electron chi connectivity index (χ1n) is 7.35. The molecule has 1 aliphatic heterocycles. The van der Waals surface area contributed by atoms with Crippen LogP contribution in [0.5, 0.6) is 0 Å². The first-order valence-corrected chi connectivity index (χ1v) is 7.35. The van der Waals surface area contributed by atoms with Gasteiger partial charge in [-0.2, -0.15) is 0 Å². The van der Waals surface area contributed by atoms with E-state index in [9.17, 15) is 9.59 Å². The quantitative estimate of drug-likeness (QED) is 0.769. The molecular weight excluding hydrogens is 258 g/mol. The Morgan fingerprint density at radius 1 is 1.35 bits per heavy atom. The molecule has 1 fully saturated rings. The predicted octanol–water partition coefficient (Wildman–Crippen LogP) is 1.22. The highest BCUT2D eigenvalue weighted by Crippen LogP contribution is 2.10. The summed E-state index contributed by atoms with van der Waals surface area (Å²) in [4.78, 5) is 26.6. The van der Waals surface area contributed by atoms with Crippen molar-refractivity contribution in [2.45, 2.75) is 39.2 Å². The van der Waals surface area contributed by atoms with Crippen LogP contribution < -0.4 is 5.32 Å². The highest BCUT2D eigenvalue weighted by molar-refractivity contribution is 5.74. The van der Waals surface area contributed by atoms with Gasteiger partial charge in [0.05, 0.1) is 0 Å². The van der Waals surface area contributed by atoms with Gasteiger partial charge >= 0.3 is 12.0 Å². The van der Waals surface area contributed by atoms with Crippen LogP contribution in [0, 0.1) is 5.92 Å². The highest BCUT2D eigenvalue weighted by atomic mass is 16.4. The number of piperazine rings is 1. The number of amides is 2. The summed E-state index contributed by atoms with van der Waals surface area (Å²) in [7, 11) is 2.07. The summed E-state index contributed by atoms with van der Waals surface area (Å²) in [6, 6.07) is 0.388. The number of nitrogens with zero attached hydrogens (tertiary/aromatic N) is 2. The zero-order chi connectivity index (χ0) is 15.1. The Balaban J connectivity index is 2.18. The van der Waals surface area contributed by atoms with Crippen LogP contribution in [0.25, 0.3) is 0 Å². The minimum absolute atomic E-state index is 0.00427. The summed E-state index contributed by atoms with van der Waals surface area (Å²) in [6.45, 7) is 7.18. The van der Waals surface area contributed by atoms with E-state index in [1.54, 1.807) is 0 Å². The standard InChI is InChI=1S/C14H27N3O3/c1-11(4-5-13(18)19)6-7-15-14(20)17-9-8-16(3)12(2)10-17/h11-12H,4-10H2,1-3H3,(H,15,20)(H,18,19). The molecule has 2 atom stereocenters. The second kappa shape index (κ2) is 8.09. The largest absolute Gasteiger partial charge is 0.481 e. The number of carbonyl (C=O) groups is 2. The van der Waals surface area contributed by atoms with E-state index < -0.39 is 5.97 Å². The van der Waals surface area contributed by atoms with E-state index in [1.165, 1.54) is 0 Å². The van der Waals surface area contributed by atoms with Crippen LogP contribution in [-0.4, -0.2) is 66.2 Å². The molecule has 0 radical (unpaired) electrons. The summed E-state index contributed by atoms with van der Waals surface area (Å²) in [5, 5.41) is 11.5. The number of carbonyl (C=O) groups excluding carboxylic acids is 1. The summed E-state index contributed by atoms with van der Waals surface area (Å²) >= 11 is 0. The lowest BCUT2D eigenvalue weighted by Gasteiger charge is -2.37. The van der Waals surface area contributed by atoms with Crippen molar-refractivity contribution < 1.29 is 14.7 Å². The highest BCUT2D eigenvalue weighted by Gasteiger charge is 2.23. The number of nitrogens with one attached hydrogen (secondary N) is 1. The second-order valence-electron chi connectivity index (χ2n) is 5.83. The van der Waals surface area contributed by atoms with Gasteiger partial charge in [0.25, 0.3) is 0 Å². The number of rotatable bonds is 6. The van der Waals surface area contributed by atoms with Crippen LogP contribution in [0.2, 0.25) is 0 Å². The first-order chi connectivity index (χ1) is 9.40. The van der Waals surface area contributed by atoms with Crippen LogP contribution in [0.15, 0.2) is 0 Å². The van der Waals surface area contributed by atoms with Crippen molar-refractivity contribution in [1.29, 1.82) is 0 Å². The topological polar surface area (TPSA) is 72.9 Å². The lowest BCUT2D eigenvalue weighted by atomic mass is 10.0. The molecule has 2 unspecified atom stereocenters. The van der Waals surface area contributed by atoms with Crippen molar-refractivity contribution in [1.82, 2.24) is 15.1 Å². The number of urea groups is 1. The normalized spacial score (nSPS) is 21.6. The van der Waals surface area contributed by atoms with Gasteiger partial charge in [0, 0.05) is 38.6 Å². The maximum Gasteiger partial charge on any atom is 0.317 e. The number of hydrogen-bond acceptors (Lipinski definition) is 3. The van der Waals surface area contributed by atoms with Gasteiger partial charge in [-0.15, -0.1) is 0 Å². The van der Waals surface area contributed by atoms with E-state index in [2.05, 4.69) is 24.2 Å². The summed E-state index contributed by atoms with van der Waals surface area (Å²) in [6.07, 6.45) is 1.68. The van der Waals surface area contributed by atoms with Crippen LogP contribution >= 0.6 is 0 Å². The van der Waals surface area contributed by atoms with Gasteiger partial charge in [-0.1, -0.05) is 6.92 Å². The minimum atomic E-state index is -0.757. The van der Waals surface area contributed by atoms with Crippen LogP contribution in [0.1, 0.15) is 33.1 Å². The maximum atomic E-state index is 12.0. The summed E-state index contributed by atoms with van der Waals surface area (Å²) in [5.74, 6) is -0.440. The number of likely N-dealkylation sites (N-methyl/N-ethyl adjacent to an activating group) is 1. The fraction of sp³-hybridized carbons (Fsp3) is 0.857. The van der Waals surface area contributed by atoms with Crippen LogP contribution in [-0.2, 0) is 4.79 Å². The molecule has 0 saturated carbocycles. The number of aliphatic carboxylic acids is 1. The van der Waals surface area contributed by atoms with Gasteiger partial charge in [-0.25, -0.2) is 4.79 Å². The molecule has 0 aliphatic carbocycles. The van der Waals surface area contributed by atoms with Gasteiger partial charge in [-0.3, -0.25) is 4.79 Å². The number of carboxylic acids is 1. The van der Waals surface area contributed by atoms with E-state index in [0.29, 0.717) is 24.9 Å². The number of hydrogen-bond donors (Lipinski definition) is 2. The molecule has 20 heavy (non-hydrogen) atoms. The molecule has 1 aliphatic rings. The lowest BCUT2D eigenvalue weighted by molar-refractivity contribution is -0.137. The molecule has 0 bridgehead atoms. The third-order valence-corrected chi connectivity index (χ3v) is 4.01. The molecule has 2 amide bonds. The van der Waals surface area contributed by atoms with E-state index >= 15 is 0 Å². The zero-order valence-electron chi connectivity index (χ0n) is 12.8. The predicted molar refractivity (Wildman–Crippen MR) is 77.7 cm³/mol. The fourth-order valence-corrected chi connectivity index (χ4v) is 2.28. The van der Waals surface area contributed by atoms with Crippen LogP contribution in [0.4, 0.5) is 4.79 Å². The molecule has 1 rings (SSSR count). The molecule has 0 aromatic carbocycles. The summed E-state index contributed by atoms with van der Waals surface area (Å²) in [5.41, 5.74) is 0. The van der Waals surface area contributed by atoms with E-state index in [-0.39, 0.29) is 12.5 Å². The second-order valence-corrected chi connectivity index (χ2v) is 5.83. The molecule has 0 aromatic rings. The fourth-order valence-electron chi connectivity index (χ4n) is 2.28. The molecule has 6 nitrogen and oxygen atoms in total. The molecule has 116 valence electrons. The number of carboxylic acid groups (broad SMARTS) is 1. The molecule has 1 saturated heterocycles. The third-order valence-electron chi connectivity index (χ3n) is 4.01. The van der Waals surface area contributed by atoms with Gasteiger partial charge in [0.2, 0.25) is 0 Å². The molecular formula is C14H27N3O3. The Hall–Kier alpha value is -1.30. The van der Waals surface area contributed by atoms with Crippen molar-refractivity contribution >= 4 is 12.0 Å². The Kier molecular flexibility index (Phi) is 6.78. The van der Waals surface area contributed by atoms with Crippen molar-refractivity contribution in [3.8, 4) is 0 Å². The molecule has 2 N–H and O–H groups in total.